The van der Waals surface area contributed by atoms with Crippen LogP contribution in [0.3, 0.4) is 0 Å². The van der Waals surface area contributed by atoms with E-state index in [1.165, 1.54) is 51.6 Å². The minimum absolute atomic E-state index is 0.513. The molecular weight excluding hydrogens is 250 g/mol. The Balaban J connectivity index is 1.76. The molecule has 1 unspecified atom stereocenters. The number of oxime groups is 1. The maximum absolute atomic E-state index is 4.92. The van der Waals surface area contributed by atoms with E-state index in [1.54, 1.807) is 12.7 Å². The molecule has 3 atom stereocenters. The van der Waals surface area contributed by atoms with E-state index in [4.69, 9.17) is 4.84 Å². The van der Waals surface area contributed by atoms with Crippen LogP contribution < -0.4 is 5.32 Å². The van der Waals surface area contributed by atoms with Crippen LogP contribution in [-0.2, 0) is 4.84 Å². The first kappa shape index (κ1) is 13.9. The Morgan fingerprint density at radius 3 is 3.00 bits per heavy atom. The Morgan fingerprint density at radius 1 is 1.30 bits per heavy atom. The van der Waals surface area contributed by atoms with Crippen molar-refractivity contribution in [2.75, 3.05) is 20.2 Å². The number of rotatable bonds is 3. The summed E-state index contributed by atoms with van der Waals surface area (Å²) in [7, 11) is 1.64. The molecule has 112 valence electrons. The predicted molar refractivity (Wildman–Crippen MR) is 81.7 cm³/mol. The van der Waals surface area contributed by atoms with Crippen LogP contribution in [0.2, 0.25) is 0 Å². The molecule has 0 aromatic rings. The Labute approximate surface area is 122 Å². The minimum atomic E-state index is 0.513. The van der Waals surface area contributed by atoms with Gasteiger partial charge in [0.2, 0.25) is 0 Å². The largest absolute Gasteiger partial charge is 0.399 e. The Morgan fingerprint density at radius 2 is 2.20 bits per heavy atom. The number of hydrogen-bond acceptors (Lipinski definition) is 4. The van der Waals surface area contributed by atoms with Gasteiger partial charge in [-0.05, 0) is 50.6 Å². The zero-order valence-corrected chi connectivity index (χ0v) is 12.6. The molecule has 2 fully saturated rings. The first-order valence-electron chi connectivity index (χ1n) is 8.15. The van der Waals surface area contributed by atoms with E-state index in [2.05, 4.69) is 21.6 Å². The van der Waals surface area contributed by atoms with Gasteiger partial charge in [-0.2, -0.15) is 0 Å². The van der Waals surface area contributed by atoms with Crippen molar-refractivity contribution in [3.63, 3.8) is 0 Å². The molecular formula is C16H27N3O. The summed E-state index contributed by atoms with van der Waals surface area (Å²) in [5.41, 5.74) is 1.58. The van der Waals surface area contributed by atoms with Gasteiger partial charge in [0.05, 0.1) is 0 Å². The van der Waals surface area contributed by atoms with Gasteiger partial charge in [-0.15, -0.1) is 0 Å². The number of nitrogens with zero attached hydrogens (tertiary/aromatic N) is 2. The van der Waals surface area contributed by atoms with Crippen LogP contribution in [0.1, 0.15) is 44.9 Å². The van der Waals surface area contributed by atoms with E-state index in [-0.39, 0.29) is 0 Å². The number of piperidine rings is 2. The Hall–Kier alpha value is -1.03. The lowest BCUT2D eigenvalue weighted by atomic mass is 9.80. The third kappa shape index (κ3) is 3.00. The molecule has 0 aliphatic carbocycles. The van der Waals surface area contributed by atoms with Gasteiger partial charge in [0, 0.05) is 37.0 Å². The van der Waals surface area contributed by atoms with Crippen molar-refractivity contribution in [1.82, 2.24) is 10.2 Å². The quantitative estimate of drug-likeness (QED) is 0.636. The molecule has 2 saturated heterocycles. The van der Waals surface area contributed by atoms with Gasteiger partial charge in [0.15, 0.2) is 0 Å². The third-order valence-corrected chi connectivity index (χ3v) is 5.01. The average Bonchev–Trinajstić information content (AvgIpc) is 2.53. The van der Waals surface area contributed by atoms with Gasteiger partial charge in [-0.1, -0.05) is 11.6 Å². The van der Waals surface area contributed by atoms with Gasteiger partial charge in [0.25, 0.3) is 0 Å². The van der Waals surface area contributed by atoms with E-state index in [9.17, 15) is 0 Å². The lowest BCUT2D eigenvalue weighted by Gasteiger charge is -2.44. The Kier molecular flexibility index (Phi) is 4.61. The fourth-order valence-electron chi connectivity index (χ4n) is 3.97. The maximum Gasteiger partial charge on any atom is 0.106 e. The summed E-state index contributed by atoms with van der Waals surface area (Å²) >= 11 is 0. The monoisotopic (exact) mass is 277 g/mol. The molecule has 1 N–H and O–H groups in total. The highest BCUT2D eigenvalue weighted by atomic mass is 16.6. The van der Waals surface area contributed by atoms with E-state index in [0.717, 1.165) is 6.42 Å². The van der Waals surface area contributed by atoms with Crippen LogP contribution in [0.15, 0.2) is 16.9 Å². The summed E-state index contributed by atoms with van der Waals surface area (Å²) in [4.78, 5) is 7.50. The summed E-state index contributed by atoms with van der Waals surface area (Å²) in [5, 5.41) is 7.76. The molecule has 3 rings (SSSR count). The summed E-state index contributed by atoms with van der Waals surface area (Å²) in [5.74, 6) is 0.513. The van der Waals surface area contributed by atoms with E-state index >= 15 is 0 Å². The average molecular weight is 277 g/mol. The molecule has 0 saturated carbocycles. The summed E-state index contributed by atoms with van der Waals surface area (Å²) in [6, 6.07) is 1.22. The van der Waals surface area contributed by atoms with Gasteiger partial charge in [0.1, 0.15) is 7.11 Å². The van der Waals surface area contributed by atoms with Crippen LogP contribution in [0.4, 0.5) is 0 Å². The molecule has 0 aromatic heterocycles. The number of nitrogens with one attached hydrogen (secondary N) is 1. The first-order chi connectivity index (χ1) is 9.88. The third-order valence-electron chi connectivity index (χ3n) is 5.01. The summed E-state index contributed by atoms with van der Waals surface area (Å²) in [6.45, 7) is 2.38. The smallest absolute Gasteiger partial charge is 0.106 e. The molecule has 0 bridgehead atoms. The SMILES string of the molecule is CO/N=C/[C@@H]1CC(C2CCCCN2)=CN2CCCC[C@H]12. The highest BCUT2D eigenvalue weighted by molar-refractivity contribution is 5.62. The standard InChI is InChI=1S/C16H27N3O/c1-20-18-11-13-10-14(15-6-2-4-8-17-15)12-19-9-5-3-7-16(13)19/h11-13,15-17H,2-10H2,1H3/b18-11+/t13-,15?,16+/m0/s1. The van der Waals surface area contributed by atoms with Crippen LogP contribution in [-0.4, -0.2) is 43.4 Å². The van der Waals surface area contributed by atoms with Crippen molar-refractivity contribution in [1.29, 1.82) is 0 Å². The van der Waals surface area contributed by atoms with Gasteiger partial charge < -0.3 is 15.1 Å². The second-order valence-corrected chi connectivity index (χ2v) is 6.31. The minimum Gasteiger partial charge on any atom is -0.399 e. The molecule has 3 aliphatic heterocycles. The first-order valence-corrected chi connectivity index (χ1v) is 8.15. The van der Waals surface area contributed by atoms with Crippen LogP contribution in [0.5, 0.6) is 0 Å². The molecule has 4 heteroatoms. The van der Waals surface area contributed by atoms with E-state index in [1.807, 2.05) is 6.21 Å². The van der Waals surface area contributed by atoms with Crippen molar-refractivity contribution >= 4 is 6.21 Å². The molecule has 0 amide bonds. The van der Waals surface area contributed by atoms with Crippen molar-refractivity contribution in [2.45, 2.75) is 57.0 Å². The molecule has 0 radical (unpaired) electrons. The fraction of sp³-hybridized carbons (Fsp3) is 0.812. The van der Waals surface area contributed by atoms with Crippen molar-refractivity contribution < 1.29 is 4.84 Å². The molecule has 3 aliphatic rings. The van der Waals surface area contributed by atoms with Crippen LogP contribution >= 0.6 is 0 Å². The molecule has 4 nitrogen and oxygen atoms in total. The van der Waals surface area contributed by atoms with Gasteiger partial charge >= 0.3 is 0 Å². The molecule has 0 spiro atoms. The molecule has 20 heavy (non-hydrogen) atoms. The molecule has 3 heterocycles. The highest BCUT2D eigenvalue weighted by Gasteiger charge is 2.34. The fourth-order valence-corrected chi connectivity index (χ4v) is 3.97. The topological polar surface area (TPSA) is 36.9 Å². The highest BCUT2D eigenvalue weighted by Crippen LogP contribution is 2.34. The van der Waals surface area contributed by atoms with Crippen molar-refractivity contribution in [3.05, 3.63) is 11.8 Å². The van der Waals surface area contributed by atoms with Crippen LogP contribution in [0, 0.1) is 5.92 Å². The maximum atomic E-state index is 4.92. The lowest BCUT2D eigenvalue weighted by molar-refractivity contribution is 0.156. The van der Waals surface area contributed by atoms with Gasteiger partial charge in [-0.3, -0.25) is 0 Å². The Bertz CT molecular complexity index is 374. The van der Waals surface area contributed by atoms with E-state index in [0.29, 0.717) is 18.0 Å². The second-order valence-electron chi connectivity index (χ2n) is 6.31. The zero-order valence-electron chi connectivity index (χ0n) is 12.6. The van der Waals surface area contributed by atoms with Crippen molar-refractivity contribution in [3.8, 4) is 0 Å². The zero-order chi connectivity index (χ0) is 13.8. The number of fused-ring (bicyclic) bond motifs is 1. The van der Waals surface area contributed by atoms with Crippen LogP contribution in [0.25, 0.3) is 0 Å². The van der Waals surface area contributed by atoms with E-state index < -0.39 is 0 Å². The normalized spacial score (nSPS) is 34.8. The van der Waals surface area contributed by atoms with Crippen molar-refractivity contribution in [2.24, 2.45) is 11.1 Å². The lowest BCUT2D eigenvalue weighted by Crippen LogP contribution is -2.47. The summed E-state index contributed by atoms with van der Waals surface area (Å²) < 4.78 is 0. The summed E-state index contributed by atoms with van der Waals surface area (Å²) in [6.07, 6.45) is 13.6. The predicted octanol–water partition coefficient (Wildman–Crippen LogP) is 2.52. The number of hydrogen-bond donors (Lipinski definition) is 1. The van der Waals surface area contributed by atoms with Gasteiger partial charge in [-0.25, -0.2) is 0 Å². The second kappa shape index (κ2) is 6.61. The molecule has 0 aromatic carbocycles.